The van der Waals surface area contributed by atoms with Crippen LogP contribution in [0, 0.1) is 0 Å². The third-order valence-electron chi connectivity index (χ3n) is 6.51. The first-order valence-electron chi connectivity index (χ1n) is 11.9. The molecule has 1 saturated heterocycles. The van der Waals surface area contributed by atoms with Gasteiger partial charge in [0.05, 0.1) is 17.9 Å². The largest absolute Gasteiger partial charge is 0.459 e. The average Bonchev–Trinajstić information content (AvgIpc) is 3.61. The van der Waals surface area contributed by atoms with E-state index in [1.807, 2.05) is 30.3 Å². The minimum Gasteiger partial charge on any atom is -0.459 e. The lowest BCUT2D eigenvalue weighted by molar-refractivity contribution is -0.137. The molecule has 12 heteroatoms. The summed E-state index contributed by atoms with van der Waals surface area (Å²) in [4.78, 5) is 16.5. The molecule has 0 saturated carbocycles. The smallest absolute Gasteiger partial charge is 0.416 e. The van der Waals surface area contributed by atoms with E-state index in [1.54, 1.807) is 21.7 Å². The van der Waals surface area contributed by atoms with Crippen LogP contribution in [-0.2, 0) is 19.1 Å². The number of aryl methyl sites for hydroxylation is 2. The number of nitrogens with zero attached hydrogens (tertiary/aromatic N) is 6. The zero-order valence-electron chi connectivity index (χ0n) is 20.3. The lowest BCUT2D eigenvalue weighted by Gasteiger charge is -2.38. The van der Waals surface area contributed by atoms with E-state index < -0.39 is 17.8 Å². The second-order valence-electron chi connectivity index (χ2n) is 8.82. The van der Waals surface area contributed by atoms with Crippen LogP contribution in [0.3, 0.4) is 0 Å². The lowest BCUT2D eigenvalue weighted by atomic mass is 10.0. The summed E-state index contributed by atoms with van der Waals surface area (Å²) in [6, 6.07) is 17.8. The summed E-state index contributed by atoms with van der Waals surface area (Å²) in [5, 5.41) is 12.4. The molecule has 2 aromatic heterocycles. The fourth-order valence-corrected chi connectivity index (χ4v) is 4.56. The van der Waals surface area contributed by atoms with Crippen LogP contribution >= 0.6 is 12.4 Å². The lowest BCUT2D eigenvalue weighted by Crippen LogP contribution is -2.50. The Bertz CT molecular complexity index is 1310. The van der Waals surface area contributed by atoms with Crippen molar-refractivity contribution >= 4 is 18.3 Å². The van der Waals surface area contributed by atoms with Crippen LogP contribution in [0.5, 0.6) is 0 Å². The van der Waals surface area contributed by atoms with Crippen molar-refractivity contribution < 1.29 is 22.4 Å². The van der Waals surface area contributed by atoms with Gasteiger partial charge in [-0.3, -0.25) is 9.69 Å². The second kappa shape index (κ2) is 11.8. The molecule has 1 atom stereocenters. The number of hydrogen-bond acceptors (Lipinski definition) is 6. The van der Waals surface area contributed by atoms with Crippen molar-refractivity contribution in [2.75, 3.05) is 26.2 Å². The Labute approximate surface area is 223 Å². The number of halogens is 4. The highest BCUT2D eigenvalue weighted by molar-refractivity contribution is 5.91. The number of piperazine rings is 1. The highest BCUT2D eigenvalue weighted by atomic mass is 35.5. The molecule has 0 N–H and O–H groups in total. The van der Waals surface area contributed by atoms with E-state index in [-0.39, 0.29) is 24.1 Å². The molecule has 1 fully saturated rings. The number of carbonyl (C=O) groups excluding carboxylic acids is 1. The van der Waals surface area contributed by atoms with Crippen molar-refractivity contribution in [1.82, 2.24) is 30.0 Å². The van der Waals surface area contributed by atoms with E-state index in [4.69, 9.17) is 4.42 Å². The number of rotatable bonds is 7. The van der Waals surface area contributed by atoms with Gasteiger partial charge in [-0.05, 0) is 52.2 Å². The molecule has 8 nitrogen and oxygen atoms in total. The van der Waals surface area contributed by atoms with Gasteiger partial charge in [-0.15, -0.1) is 17.5 Å². The van der Waals surface area contributed by atoms with Gasteiger partial charge in [0.2, 0.25) is 0 Å². The molecule has 0 radical (unpaired) electrons. The quantitative estimate of drug-likeness (QED) is 0.340. The molecule has 3 heterocycles. The summed E-state index contributed by atoms with van der Waals surface area (Å²) in [6.45, 7) is 2.36. The van der Waals surface area contributed by atoms with Gasteiger partial charge in [0.15, 0.2) is 11.6 Å². The maximum absolute atomic E-state index is 13.2. The summed E-state index contributed by atoms with van der Waals surface area (Å²) in [5.74, 6) is 0.627. The number of furan rings is 1. The predicted molar refractivity (Wildman–Crippen MR) is 135 cm³/mol. The molecule has 1 amide bonds. The minimum absolute atomic E-state index is 0. The van der Waals surface area contributed by atoms with Gasteiger partial charge in [-0.25, -0.2) is 4.68 Å². The maximum atomic E-state index is 13.2. The second-order valence-corrected chi connectivity index (χ2v) is 8.82. The van der Waals surface area contributed by atoms with Crippen molar-refractivity contribution in [2.45, 2.75) is 25.2 Å². The van der Waals surface area contributed by atoms with Crippen LogP contribution in [0.25, 0.3) is 0 Å². The highest BCUT2D eigenvalue weighted by Crippen LogP contribution is 2.33. The molecule has 0 bridgehead atoms. The third-order valence-corrected chi connectivity index (χ3v) is 6.51. The summed E-state index contributed by atoms with van der Waals surface area (Å²) in [6.07, 6.45) is -2.27. The van der Waals surface area contributed by atoms with E-state index in [9.17, 15) is 18.0 Å². The minimum atomic E-state index is -4.43. The molecule has 200 valence electrons. The van der Waals surface area contributed by atoms with Crippen molar-refractivity contribution in [3.8, 4) is 0 Å². The molecule has 1 aliphatic rings. The molecule has 5 rings (SSSR count). The van der Waals surface area contributed by atoms with Gasteiger partial charge in [0.25, 0.3) is 5.91 Å². The molecule has 2 aromatic carbocycles. The van der Waals surface area contributed by atoms with Crippen molar-refractivity contribution in [3.63, 3.8) is 0 Å². The maximum Gasteiger partial charge on any atom is 0.416 e. The van der Waals surface area contributed by atoms with Crippen molar-refractivity contribution in [1.29, 1.82) is 0 Å². The molecule has 0 spiro atoms. The van der Waals surface area contributed by atoms with Crippen LogP contribution < -0.4 is 0 Å². The van der Waals surface area contributed by atoms with Crippen molar-refractivity contribution in [3.05, 3.63) is 101 Å². The molecular formula is C26H26ClF3N6O2. The van der Waals surface area contributed by atoms with Gasteiger partial charge in [0.1, 0.15) is 0 Å². The SMILES string of the molecule is Cl.O=C(c1ccco1)N1CCN(C(c2ccc(C(F)(F)F)cc2)c2nnnn2CCc2ccccc2)CC1. The fraction of sp³-hybridized carbons (Fsp3) is 0.308. The average molecular weight is 547 g/mol. The third kappa shape index (κ3) is 6.05. The number of tetrazole rings is 1. The van der Waals surface area contributed by atoms with Crippen LogP contribution in [0.2, 0.25) is 0 Å². The van der Waals surface area contributed by atoms with Gasteiger partial charge in [-0.2, -0.15) is 13.2 Å². The van der Waals surface area contributed by atoms with Gasteiger partial charge < -0.3 is 9.32 Å². The standard InChI is InChI=1S/C26H25F3N6O2.ClH/c27-26(28,29)21-10-8-20(9-11-21)23(24-30-31-32-35(24)13-12-19-5-2-1-3-6-19)33-14-16-34(17-15-33)25(36)22-7-4-18-37-22;/h1-11,18,23H,12-17H2;1H. The van der Waals surface area contributed by atoms with Gasteiger partial charge >= 0.3 is 6.18 Å². The van der Waals surface area contributed by atoms with Gasteiger partial charge in [0, 0.05) is 32.7 Å². The summed E-state index contributed by atoms with van der Waals surface area (Å²) in [7, 11) is 0. The molecular weight excluding hydrogens is 521 g/mol. The topological polar surface area (TPSA) is 80.3 Å². The molecule has 1 unspecified atom stereocenters. The number of alkyl halides is 3. The fourth-order valence-electron chi connectivity index (χ4n) is 4.56. The Morgan fingerprint density at radius 1 is 0.947 bits per heavy atom. The Morgan fingerprint density at radius 2 is 1.66 bits per heavy atom. The number of aromatic nitrogens is 4. The number of hydrogen-bond donors (Lipinski definition) is 0. The Morgan fingerprint density at radius 3 is 2.29 bits per heavy atom. The summed E-state index contributed by atoms with van der Waals surface area (Å²) >= 11 is 0. The number of amides is 1. The van der Waals surface area contributed by atoms with E-state index in [0.717, 1.165) is 17.7 Å². The zero-order valence-corrected chi connectivity index (χ0v) is 21.1. The Kier molecular flexibility index (Phi) is 8.48. The molecule has 0 aliphatic carbocycles. The van der Waals surface area contributed by atoms with Crippen molar-refractivity contribution in [2.24, 2.45) is 0 Å². The van der Waals surface area contributed by atoms with Crippen LogP contribution in [0.15, 0.2) is 77.4 Å². The first-order valence-corrected chi connectivity index (χ1v) is 11.9. The number of benzene rings is 2. The molecule has 1 aliphatic heterocycles. The predicted octanol–water partition coefficient (Wildman–Crippen LogP) is 4.50. The van der Waals surface area contributed by atoms with E-state index in [0.29, 0.717) is 50.5 Å². The summed E-state index contributed by atoms with van der Waals surface area (Å²) in [5.41, 5.74) is 1.06. The van der Waals surface area contributed by atoms with E-state index in [1.165, 1.54) is 18.4 Å². The normalized spacial score (nSPS) is 15.2. The molecule has 38 heavy (non-hydrogen) atoms. The van der Waals surface area contributed by atoms with Crippen LogP contribution in [-0.4, -0.2) is 62.1 Å². The Hall–Kier alpha value is -3.70. The van der Waals surface area contributed by atoms with Crippen LogP contribution in [0.4, 0.5) is 13.2 Å². The van der Waals surface area contributed by atoms with E-state index in [2.05, 4.69) is 20.4 Å². The summed E-state index contributed by atoms with van der Waals surface area (Å²) < 4.78 is 46.6. The zero-order chi connectivity index (χ0) is 25.8. The monoisotopic (exact) mass is 546 g/mol. The van der Waals surface area contributed by atoms with Gasteiger partial charge in [-0.1, -0.05) is 42.5 Å². The highest BCUT2D eigenvalue weighted by Gasteiger charge is 2.34. The Balaban J connectivity index is 0.00000336. The van der Waals surface area contributed by atoms with Crippen LogP contribution in [0.1, 0.15) is 39.1 Å². The van der Waals surface area contributed by atoms with E-state index >= 15 is 0 Å². The first-order chi connectivity index (χ1) is 17.9. The first kappa shape index (κ1) is 27.3. The molecule has 4 aromatic rings. The number of carbonyl (C=O) groups is 1.